The molecule has 4 heteroatoms. The molecule has 0 radical (unpaired) electrons. The lowest BCUT2D eigenvalue weighted by atomic mass is 9.95. The molecule has 1 aromatic carbocycles. The molecular formula is C13H17NO3. The summed E-state index contributed by atoms with van der Waals surface area (Å²) in [5.41, 5.74) is 1.11. The van der Waals surface area contributed by atoms with Crippen LogP contribution in [-0.2, 0) is 0 Å². The van der Waals surface area contributed by atoms with Crippen LogP contribution < -0.4 is 9.64 Å². The summed E-state index contributed by atoms with van der Waals surface area (Å²) in [7, 11) is 1.59. The highest BCUT2D eigenvalue weighted by atomic mass is 16.5. The SMILES string of the molecule is CCC1CN(c2cc(OC)ccc2C(=O)O)C1. The number of rotatable bonds is 4. The molecule has 0 unspecified atom stereocenters. The third kappa shape index (κ3) is 2.20. The van der Waals surface area contributed by atoms with Crippen molar-refractivity contribution in [3.63, 3.8) is 0 Å². The summed E-state index contributed by atoms with van der Waals surface area (Å²) in [6.45, 7) is 4.03. The third-order valence-electron chi connectivity index (χ3n) is 3.31. The van der Waals surface area contributed by atoms with Crippen LogP contribution in [0, 0.1) is 5.92 Å². The summed E-state index contributed by atoms with van der Waals surface area (Å²) in [6, 6.07) is 5.09. The molecule has 0 aromatic heterocycles. The number of methoxy groups -OCH3 is 1. The standard InChI is InChI=1S/C13H17NO3/c1-3-9-7-14(8-9)12-6-10(17-2)4-5-11(12)13(15)16/h4-6,9H,3,7-8H2,1-2H3,(H,15,16). The van der Waals surface area contributed by atoms with Gasteiger partial charge in [-0.3, -0.25) is 0 Å². The van der Waals surface area contributed by atoms with Gasteiger partial charge in [0.15, 0.2) is 0 Å². The van der Waals surface area contributed by atoms with Crippen LogP contribution in [0.2, 0.25) is 0 Å². The van der Waals surface area contributed by atoms with Gasteiger partial charge in [0.2, 0.25) is 0 Å². The van der Waals surface area contributed by atoms with E-state index < -0.39 is 5.97 Å². The Balaban J connectivity index is 2.27. The number of ether oxygens (including phenoxy) is 1. The average molecular weight is 235 g/mol. The second-order valence-electron chi connectivity index (χ2n) is 4.37. The van der Waals surface area contributed by atoms with E-state index in [2.05, 4.69) is 11.8 Å². The van der Waals surface area contributed by atoms with Crippen molar-refractivity contribution in [1.82, 2.24) is 0 Å². The van der Waals surface area contributed by atoms with E-state index in [4.69, 9.17) is 9.84 Å². The van der Waals surface area contributed by atoms with E-state index in [1.165, 1.54) is 0 Å². The Morgan fingerprint density at radius 2 is 2.24 bits per heavy atom. The van der Waals surface area contributed by atoms with Crippen molar-refractivity contribution in [2.24, 2.45) is 5.92 Å². The summed E-state index contributed by atoms with van der Waals surface area (Å²) in [5.74, 6) is 0.496. The van der Waals surface area contributed by atoms with Crippen LogP contribution in [0.5, 0.6) is 5.75 Å². The van der Waals surface area contributed by atoms with Crippen LogP contribution in [0.3, 0.4) is 0 Å². The van der Waals surface area contributed by atoms with Crippen molar-refractivity contribution in [3.05, 3.63) is 23.8 Å². The number of aromatic carboxylic acids is 1. The van der Waals surface area contributed by atoms with Crippen molar-refractivity contribution >= 4 is 11.7 Å². The highest BCUT2D eigenvalue weighted by Gasteiger charge is 2.28. The molecule has 4 nitrogen and oxygen atoms in total. The molecule has 1 fully saturated rings. The van der Waals surface area contributed by atoms with Crippen LogP contribution in [0.25, 0.3) is 0 Å². The first-order valence-corrected chi connectivity index (χ1v) is 5.82. The molecule has 1 aliphatic heterocycles. The fourth-order valence-electron chi connectivity index (χ4n) is 2.11. The number of hydrogen-bond donors (Lipinski definition) is 1. The minimum Gasteiger partial charge on any atom is -0.497 e. The molecule has 1 N–H and O–H groups in total. The first kappa shape index (κ1) is 11.8. The first-order chi connectivity index (χ1) is 8.15. The van der Waals surface area contributed by atoms with E-state index in [1.54, 1.807) is 25.3 Å². The predicted octanol–water partition coefficient (Wildman–Crippen LogP) is 2.24. The Bertz CT molecular complexity index is 425. The Hall–Kier alpha value is -1.71. The summed E-state index contributed by atoms with van der Waals surface area (Å²) in [6.07, 6.45) is 1.14. The van der Waals surface area contributed by atoms with Gasteiger partial charge in [0.05, 0.1) is 18.4 Å². The lowest BCUT2D eigenvalue weighted by Gasteiger charge is -2.41. The summed E-state index contributed by atoms with van der Waals surface area (Å²) in [4.78, 5) is 13.2. The molecular weight excluding hydrogens is 218 g/mol. The molecule has 17 heavy (non-hydrogen) atoms. The van der Waals surface area contributed by atoms with Crippen molar-refractivity contribution in [1.29, 1.82) is 0 Å². The maximum absolute atomic E-state index is 11.1. The Kier molecular flexibility index (Phi) is 3.22. The molecule has 1 aromatic rings. The lowest BCUT2D eigenvalue weighted by molar-refractivity contribution is 0.0697. The lowest BCUT2D eigenvalue weighted by Crippen LogP contribution is -2.47. The number of nitrogens with zero attached hydrogens (tertiary/aromatic N) is 1. The van der Waals surface area contributed by atoms with Crippen molar-refractivity contribution < 1.29 is 14.6 Å². The van der Waals surface area contributed by atoms with E-state index in [9.17, 15) is 4.79 Å². The number of carbonyl (C=O) groups is 1. The number of benzene rings is 1. The van der Waals surface area contributed by atoms with Gasteiger partial charge in [-0.1, -0.05) is 6.92 Å². The molecule has 0 bridgehead atoms. The van der Waals surface area contributed by atoms with E-state index in [0.29, 0.717) is 17.2 Å². The van der Waals surface area contributed by atoms with Crippen molar-refractivity contribution in [2.75, 3.05) is 25.1 Å². The second kappa shape index (κ2) is 4.65. The molecule has 1 aliphatic rings. The third-order valence-corrected chi connectivity index (χ3v) is 3.31. The maximum atomic E-state index is 11.1. The van der Waals surface area contributed by atoms with Gasteiger partial charge in [-0.2, -0.15) is 0 Å². The number of hydrogen-bond acceptors (Lipinski definition) is 3. The average Bonchev–Trinajstić information content (AvgIpc) is 2.27. The molecule has 2 rings (SSSR count). The number of anilines is 1. The molecule has 1 heterocycles. The molecule has 1 saturated heterocycles. The van der Waals surface area contributed by atoms with E-state index in [-0.39, 0.29) is 0 Å². The molecule has 92 valence electrons. The topological polar surface area (TPSA) is 49.8 Å². The van der Waals surface area contributed by atoms with Crippen LogP contribution in [0.15, 0.2) is 18.2 Å². The van der Waals surface area contributed by atoms with Gasteiger partial charge >= 0.3 is 5.97 Å². The normalized spacial score (nSPS) is 15.5. The highest BCUT2D eigenvalue weighted by Crippen LogP contribution is 2.32. The van der Waals surface area contributed by atoms with Crippen molar-refractivity contribution in [2.45, 2.75) is 13.3 Å². The van der Waals surface area contributed by atoms with Gasteiger partial charge in [-0.15, -0.1) is 0 Å². The minimum absolute atomic E-state index is 0.348. The monoisotopic (exact) mass is 235 g/mol. The van der Waals surface area contributed by atoms with Gasteiger partial charge in [0.25, 0.3) is 0 Å². The van der Waals surface area contributed by atoms with Crippen LogP contribution in [-0.4, -0.2) is 31.3 Å². The van der Waals surface area contributed by atoms with Gasteiger partial charge in [-0.25, -0.2) is 4.79 Å². The summed E-state index contributed by atoms with van der Waals surface area (Å²) >= 11 is 0. The highest BCUT2D eigenvalue weighted by molar-refractivity contribution is 5.95. The van der Waals surface area contributed by atoms with Crippen LogP contribution in [0.4, 0.5) is 5.69 Å². The van der Waals surface area contributed by atoms with E-state index in [0.717, 1.165) is 25.2 Å². The fraction of sp³-hybridized carbons (Fsp3) is 0.462. The number of carboxylic acids is 1. The molecule has 0 spiro atoms. The Morgan fingerprint density at radius 3 is 2.76 bits per heavy atom. The number of carboxylic acid groups (broad SMARTS) is 1. The van der Waals surface area contributed by atoms with Gasteiger partial charge < -0.3 is 14.7 Å². The quantitative estimate of drug-likeness (QED) is 0.869. The minimum atomic E-state index is -0.886. The van der Waals surface area contributed by atoms with Gasteiger partial charge in [-0.05, 0) is 24.5 Å². The molecule has 0 amide bonds. The smallest absolute Gasteiger partial charge is 0.337 e. The molecule has 0 saturated carbocycles. The first-order valence-electron chi connectivity index (χ1n) is 5.82. The van der Waals surface area contributed by atoms with E-state index in [1.807, 2.05) is 0 Å². The zero-order chi connectivity index (χ0) is 12.4. The summed E-state index contributed by atoms with van der Waals surface area (Å²) < 4.78 is 5.14. The van der Waals surface area contributed by atoms with Gasteiger partial charge in [0, 0.05) is 19.2 Å². The zero-order valence-corrected chi connectivity index (χ0v) is 10.1. The zero-order valence-electron chi connectivity index (χ0n) is 10.1. The van der Waals surface area contributed by atoms with Gasteiger partial charge in [0.1, 0.15) is 5.75 Å². The molecule has 0 atom stereocenters. The summed E-state index contributed by atoms with van der Waals surface area (Å²) in [5, 5.41) is 9.15. The van der Waals surface area contributed by atoms with Crippen molar-refractivity contribution in [3.8, 4) is 5.75 Å². The van der Waals surface area contributed by atoms with Crippen LogP contribution >= 0.6 is 0 Å². The largest absolute Gasteiger partial charge is 0.497 e. The molecule has 0 aliphatic carbocycles. The fourth-order valence-corrected chi connectivity index (χ4v) is 2.11. The van der Waals surface area contributed by atoms with Crippen LogP contribution in [0.1, 0.15) is 23.7 Å². The maximum Gasteiger partial charge on any atom is 0.337 e. The van der Waals surface area contributed by atoms with E-state index >= 15 is 0 Å². The Morgan fingerprint density at radius 1 is 1.53 bits per heavy atom. The Labute approximate surface area is 101 Å². The second-order valence-corrected chi connectivity index (χ2v) is 4.37. The predicted molar refractivity (Wildman–Crippen MR) is 65.9 cm³/mol.